The Labute approximate surface area is 168 Å². The van der Waals surface area contributed by atoms with Crippen molar-refractivity contribution in [3.05, 3.63) is 59.7 Å². The molecule has 148 valence electrons. The van der Waals surface area contributed by atoms with Crippen molar-refractivity contribution in [1.82, 2.24) is 10.2 Å². The summed E-state index contributed by atoms with van der Waals surface area (Å²) in [5, 5.41) is 3.51. The third-order valence-corrected chi connectivity index (χ3v) is 4.69. The molecule has 1 heterocycles. The maximum Gasteiger partial charge on any atom is 0.123 e. The van der Waals surface area contributed by atoms with E-state index in [0.717, 1.165) is 37.7 Å². The number of hydrogen-bond acceptors (Lipinski definition) is 5. The van der Waals surface area contributed by atoms with E-state index in [0.29, 0.717) is 13.2 Å². The van der Waals surface area contributed by atoms with E-state index < -0.39 is 0 Å². The van der Waals surface area contributed by atoms with Crippen molar-refractivity contribution in [1.29, 1.82) is 0 Å². The van der Waals surface area contributed by atoms with Gasteiger partial charge < -0.3 is 19.5 Å². The normalized spacial score (nSPS) is 17.2. The molecule has 0 radical (unpaired) electrons. The van der Waals surface area contributed by atoms with Crippen LogP contribution in [-0.4, -0.2) is 52.0 Å². The fraction of sp³-hybridized carbons (Fsp3) is 0.429. The fourth-order valence-corrected chi connectivity index (χ4v) is 3.39. The number of methoxy groups -OCH3 is 2. The molecule has 1 N–H and O–H groups in total. The van der Waals surface area contributed by atoms with Crippen molar-refractivity contribution < 1.29 is 14.2 Å². The van der Waals surface area contributed by atoms with Gasteiger partial charge in [0.15, 0.2) is 0 Å². The van der Waals surface area contributed by atoms with Gasteiger partial charge in [-0.3, -0.25) is 4.90 Å². The van der Waals surface area contributed by atoms with Crippen molar-refractivity contribution in [2.45, 2.75) is 12.6 Å². The lowest BCUT2D eigenvalue weighted by Gasteiger charge is -2.37. The van der Waals surface area contributed by atoms with Crippen LogP contribution in [0.1, 0.15) is 17.2 Å². The second-order valence-electron chi connectivity index (χ2n) is 6.42. The average molecular weight is 393 g/mol. The van der Waals surface area contributed by atoms with Gasteiger partial charge in [0.1, 0.15) is 18.1 Å². The van der Waals surface area contributed by atoms with Gasteiger partial charge in [-0.25, -0.2) is 0 Å². The molecule has 1 fully saturated rings. The number of rotatable bonds is 8. The second-order valence-corrected chi connectivity index (χ2v) is 6.42. The summed E-state index contributed by atoms with van der Waals surface area (Å²) < 4.78 is 16.4. The lowest BCUT2D eigenvalue weighted by atomic mass is 10.0. The highest BCUT2D eigenvalue weighted by Gasteiger charge is 2.26. The van der Waals surface area contributed by atoms with Gasteiger partial charge in [0.2, 0.25) is 0 Å². The number of benzene rings is 2. The fourth-order valence-electron chi connectivity index (χ4n) is 3.39. The number of nitrogens with zero attached hydrogens (tertiary/aromatic N) is 1. The van der Waals surface area contributed by atoms with Gasteiger partial charge in [-0.1, -0.05) is 30.3 Å². The number of para-hydroxylation sites is 1. The number of ether oxygens (including phenoxy) is 3. The quantitative estimate of drug-likeness (QED) is 0.698. The smallest absolute Gasteiger partial charge is 0.123 e. The van der Waals surface area contributed by atoms with Crippen LogP contribution in [0.5, 0.6) is 11.5 Å². The summed E-state index contributed by atoms with van der Waals surface area (Å²) >= 11 is 0. The molecule has 1 unspecified atom stereocenters. The van der Waals surface area contributed by atoms with Crippen molar-refractivity contribution >= 4 is 12.4 Å². The zero-order valence-electron chi connectivity index (χ0n) is 16.0. The first-order valence-electron chi connectivity index (χ1n) is 9.10. The van der Waals surface area contributed by atoms with Crippen molar-refractivity contribution in [2.75, 3.05) is 47.1 Å². The Morgan fingerprint density at radius 3 is 2.74 bits per heavy atom. The molecular weight excluding hydrogens is 364 g/mol. The first-order chi connectivity index (χ1) is 12.8. The van der Waals surface area contributed by atoms with Crippen LogP contribution in [0.15, 0.2) is 48.5 Å². The van der Waals surface area contributed by atoms with Gasteiger partial charge in [0, 0.05) is 38.9 Å². The Balaban J connectivity index is 0.00000261. The summed E-state index contributed by atoms with van der Waals surface area (Å²) in [5.74, 6) is 1.84. The summed E-state index contributed by atoms with van der Waals surface area (Å²) in [6.45, 7) is 4.96. The molecule has 1 saturated heterocycles. The second kappa shape index (κ2) is 11.1. The van der Waals surface area contributed by atoms with Gasteiger partial charge >= 0.3 is 0 Å². The Morgan fingerprint density at radius 1 is 1.07 bits per heavy atom. The number of nitrogens with one attached hydrogen (secondary N) is 1. The molecule has 0 aromatic heterocycles. The molecule has 6 heteroatoms. The minimum Gasteiger partial charge on any atom is -0.496 e. The highest BCUT2D eigenvalue weighted by molar-refractivity contribution is 5.85. The highest BCUT2D eigenvalue weighted by Crippen LogP contribution is 2.31. The molecule has 0 amide bonds. The number of hydrogen-bond donors (Lipinski definition) is 1. The third-order valence-electron chi connectivity index (χ3n) is 4.69. The largest absolute Gasteiger partial charge is 0.496 e. The minimum absolute atomic E-state index is 0. The molecule has 2 aromatic carbocycles. The first-order valence-corrected chi connectivity index (χ1v) is 9.10. The van der Waals surface area contributed by atoms with E-state index in [4.69, 9.17) is 14.2 Å². The third kappa shape index (κ3) is 5.84. The number of piperazine rings is 1. The predicted molar refractivity (Wildman–Crippen MR) is 110 cm³/mol. The SMILES string of the molecule is COCCOc1cccc(CN2CCNCC2c2ccccc2OC)c1.Cl. The van der Waals surface area contributed by atoms with E-state index in [1.54, 1.807) is 14.2 Å². The average Bonchev–Trinajstić information content (AvgIpc) is 2.69. The van der Waals surface area contributed by atoms with Crippen molar-refractivity contribution in [3.63, 3.8) is 0 Å². The van der Waals surface area contributed by atoms with Gasteiger partial charge in [-0.2, -0.15) is 0 Å². The van der Waals surface area contributed by atoms with E-state index in [1.165, 1.54) is 11.1 Å². The Kier molecular flexibility index (Phi) is 8.88. The van der Waals surface area contributed by atoms with E-state index in [1.807, 2.05) is 18.2 Å². The Bertz CT molecular complexity index is 699. The number of halogens is 1. The zero-order valence-corrected chi connectivity index (χ0v) is 16.8. The van der Waals surface area contributed by atoms with Gasteiger partial charge in [-0.05, 0) is 23.8 Å². The van der Waals surface area contributed by atoms with Crippen LogP contribution in [-0.2, 0) is 11.3 Å². The first kappa shape index (κ1) is 21.5. The van der Waals surface area contributed by atoms with E-state index >= 15 is 0 Å². The summed E-state index contributed by atoms with van der Waals surface area (Å²) in [5.41, 5.74) is 2.48. The van der Waals surface area contributed by atoms with E-state index in [-0.39, 0.29) is 18.4 Å². The molecule has 3 rings (SSSR count). The van der Waals surface area contributed by atoms with Crippen LogP contribution >= 0.6 is 12.4 Å². The van der Waals surface area contributed by atoms with Crippen LogP contribution in [0.4, 0.5) is 0 Å². The van der Waals surface area contributed by atoms with Crippen LogP contribution < -0.4 is 14.8 Å². The Hall–Kier alpha value is -1.79. The molecular formula is C21H29ClN2O3. The van der Waals surface area contributed by atoms with Crippen LogP contribution in [0.2, 0.25) is 0 Å². The van der Waals surface area contributed by atoms with Crippen LogP contribution in [0.3, 0.4) is 0 Å². The molecule has 2 aromatic rings. The zero-order chi connectivity index (χ0) is 18.2. The maximum absolute atomic E-state index is 5.75. The van der Waals surface area contributed by atoms with Crippen LogP contribution in [0.25, 0.3) is 0 Å². The standard InChI is InChI=1S/C21H28N2O3.ClH/c1-24-12-13-26-18-7-5-6-17(14-18)16-23-11-10-22-15-20(23)19-8-3-4-9-21(19)25-2;/h3-9,14,20,22H,10-13,15-16H2,1-2H3;1H. The molecule has 0 saturated carbocycles. The summed E-state index contributed by atoms with van der Waals surface area (Å²) in [4.78, 5) is 2.50. The Morgan fingerprint density at radius 2 is 1.93 bits per heavy atom. The van der Waals surface area contributed by atoms with Gasteiger partial charge in [0.25, 0.3) is 0 Å². The monoisotopic (exact) mass is 392 g/mol. The van der Waals surface area contributed by atoms with Crippen LogP contribution in [0, 0.1) is 0 Å². The van der Waals surface area contributed by atoms with E-state index in [9.17, 15) is 0 Å². The molecule has 5 nitrogen and oxygen atoms in total. The minimum atomic E-state index is 0. The van der Waals surface area contributed by atoms with Crippen molar-refractivity contribution in [3.8, 4) is 11.5 Å². The summed E-state index contributed by atoms with van der Waals surface area (Å²) in [6.07, 6.45) is 0. The predicted octanol–water partition coefficient (Wildman–Crippen LogP) is 3.29. The molecule has 0 bridgehead atoms. The highest BCUT2D eigenvalue weighted by atomic mass is 35.5. The maximum atomic E-state index is 5.75. The molecule has 1 aliphatic rings. The van der Waals surface area contributed by atoms with E-state index in [2.05, 4.69) is 40.5 Å². The molecule has 0 aliphatic carbocycles. The van der Waals surface area contributed by atoms with Crippen molar-refractivity contribution in [2.24, 2.45) is 0 Å². The molecule has 1 aliphatic heterocycles. The molecule has 27 heavy (non-hydrogen) atoms. The lowest BCUT2D eigenvalue weighted by molar-refractivity contribution is 0.144. The lowest BCUT2D eigenvalue weighted by Crippen LogP contribution is -2.45. The molecule has 0 spiro atoms. The van der Waals surface area contributed by atoms with Gasteiger partial charge in [0.05, 0.1) is 19.8 Å². The topological polar surface area (TPSA) is 43.0 Å². The summed E-state index contributed by atoms with van der Waals surface area (Å²) in [7, 11) is 3.42. The van der Waals surface area contributed by atoms with Gasteiger partial charge in [-0.15, -0.1) is 12.4 Å². The molecule has 1 atom stereocenters. The summed E-state index contributed by atoms with van der Waals surface area (Å²) in [6, 6.07) is 16.9.